The van der Waals surface area contributed by atoms with Gasteiger partial charge in [0.1, 0.15) is 16.2 Å². The molecule has 2 aromatic heterocycles. The second-order valence-corrected chi connectivity index (χ2v) is 10.3. The Morgan fingerprint density at radius 3 is 2.17 bits per heavy atom. The summed E-state index contributed by atoms with van der Waals surface area (Å²) in [6, 6.07) is 21.7. The number of hydrogen-bond acceptors (Lipinski definition) is 7. The topological polar surface area (TPSA) is 106 Å². The van der Waals surface area contributed by atoms with Crippen LogP contribution in [-0.4, -0.2) is 43.4 Å². The van der Waals surface area contributed by atoms with Gasteiger partial charge in [0.25, 0.3) is 0 Å². The fraction of sp³-hybridized carbons (Fsp3) is 0.115. The Labute approximate surface area is 203 Å². The molecule has 0 aliphatic heterocycles. The van der Waals surface area contributed by atoms with Gasteiger partial charge in [0.05, 0.1) is 22.1 Å². The summed E-state index contributed by atoms with van der Waals surface area (Å²) in [6.07, 6.45) is 1.62. The van der Waals surface area contributed by atoms with Crippen molar-refractivity contribution in [2.45, 2.75) is 16.7 Å². The molecule has 0 fully saturated rings. The molecule has 5 rings (SSSR count). The fourth-order valence-electron chi connectivity index (χ4n) is 3.82. The predicted octanol–water partition coefficient (Wildman–Crippen LogP) is 4.26. The van der Waals surface area contributed by atoms with Gasteiger partial charge in [-0.2, -0.15) is 9.78 Å². The lowest BCUT2D eigenvalue weighted by molar-refractivity contribution is 0.597. The van der Waals surface area contributed by atoms with Crippen LogP contribution in [0.4, 0.5) is 11.5 Å². The molecule has 0 atom stereocenters. The molecular formula is C26H24N6O2S. The Balaban J connectivity index is 1.72. The molecule has 176 valence electrons. The first kappa shape index (κ1) is 22.5. The van der Waals surface area contributed by atoms with Gasteiger partial charge in [0.2, 0.25) is 9.84 Å². The van der Waals surface area contributed by atoms with E-state index in [0.717, 1.165) is 16.8 Å². The zero-order chi connectivity index (χ0) is 24.7. The van der Waals surface area contributed by atoms with Crippen LogP contribution in [0, 0.1) is 6.92 Å². The molecule has 0 aliphatic carbocycles. The van der Waals surface area contributed by atoms with Gasteiger partial charge < -0.3 is 10.6 Å². The average Bonchev–Trinajstić information content (AvgIpc) is 3.12. The Morgan fingerprint density at radius 1 is 0.914 bits per heavy atom. The Kier molecular flexibility index (Phi) is 5.49. The lowest BCUT2D eigenvalue weighted by atomic mass is 10.2. The van der Waals surface area contributed by atoms with Crippen molar-refractivity contribution >= 4 is 49.8 Å². The van der Waals surface area contributed by atoms with Gasteiger partial charge in [0, 0.05) is 19.8 Å². The van der Waals surface area contributed by atoms with Crippen LogP contribution >= 0.6 is 0 Å². The van der Waals surface area contributed by atoms with Crippen molar-refractivity contribution in [1.82, 2.24) is 14.6 Å². The Morgan fingerprint density at radius 2 is 1.54 bits per heavy atom. The van der Waals surface area contributed by atoms with Gasteiger partial charge in [-0.25, -0.2) is 18.4 Å². The quantitative estimate of drug-likeness (QED) is 0.374. The van der Waals surface area contributed by atoms with Crippen LogP contribution in [0.1, 0.15) is 11.1 Å². The smallest absolute Gasteiger partial charge is 0.212 e. The Bertz CT molecular complexity index is 1690. The van der Waals surface area contributed by atoms with Crippen LogP contribution in [0.25, 0.3) is 22.2 Å². The molecule has 0 aliphatic rings. The summed E-state index contributed by atoms with van der Waals surface area (Å²) in [5.74, 6) is -0.0444. The standard InChI is InChI=1S/C26H24N6O2S/c1-17-8-14-20(15-9-17)35(33,34)24-23-26(30-22-7-5-4-6-21(22)29-23)32(25(24)27)28-16-18-10-12-19(13-11-18)31(2)3/h4-16H,27H2,1-3H3/b28-16+. The molecule has 9 heteroatoms. The van der Waals surface area contributed by atoms with E-state index in [9.17, 15) is 8.42 Å². The lowest BCUT2D eigenvalue weighted by Gasteiger charge is -2.11. The maximum atomic E-state index is 13.7. The minimum absolute atomic E-state index is 0.0444. The highest BCUT2D eigenvalue weighted by atomic mass is 32.2. The van der Waals surface area contributed by atoms with Crippen LogP contribution in [0.3, 0.4) is 0 Å². The molecule has 0 saturated carbocycles. The van der Waals surface area contributed by atoms with Crippen molar-refractivity contribution in [2.24, 2.45) is 5.10 Å². The number of rotatable bonds is 5. The number of aryl methyl sites for hydroxylation is 1. The van der Waals surface area contributed by atoms with Crippen LogP contribution in [0.15, 0.2) is 87.7 Å². The number of fused-ring (bicyclic) bond motifs is 2. The van der Waals surface area contributed by atoms with Gasteiger partial charge >= 0.3 is 0 Å². The summed E-state index contributed by atoms with van der Waals surface area (Å²) in [6.45, 7) is 1.90. The summed E-state index contributed by atoms with van der Waals surface area (Å²) in [4.78, 5) is 11.3. The fourth-order valence-corrected chi connectivity index (χ4v) is 5.31. The van der Waals surface area contributed by atoms with E-state index in [4.69, 9.17) is 5.73 Å². The van der Waals surface area contributed by atoms with Crippen molar-refractivity contribution in [3.63, 3.8) is 0 Å². The number of nitrogens with two attached hydrogens (primary N) is 1. The SMILES string of the molecule is Cc1ccc(S(=O)(=O)c2c(N)n(/N=C/c3ccc(N(C)C)cc3)c3nc4ccccc4nc23)cc1. The van der Waals surface area contributed by atoms with Gasteiger partial charge in [-0.3, -0.25) is 0 Å². The average molecular weight is 485 g/mol. The maximum Gasteiger partial charge on any atom is 0.212 e. The maximum absolute atomic E-state index is 13.7. The molecule has 0 spiro atoms. The first-order chi connectivity index (χ1) is 16.8. The van der Waals surface area contributed by atoms with E-state index in [-0.39, 0.29) is 26.8 Å². The molecular weight excluding hydrogens is 460 g/mol. The third kappa shape index (κ3) is 4.00. The number of sulfone groups is 1. The lowest BCUT2D eigenvalue weighted by Crippen LogP contribution is -2.08. The van der Waals surface area contributed by atoms with E-state index in [1.807, 2.05) is 68.4 Å². The highest BCUT2D eigenvalue weighted by Gasteiger charge is 2.30. The zero-order valence-corrected chi connectivity index (χ0v) is 20.4. The Hall–Kier alpha value is -4.24. The second-order valence-electron chi connectivity index (χ2n) is 8.46. The zero-order valence-electron chi connectivity index (χ0n) is 19.5. The number of benzene rings is 3. The van der Waals surface area contributed by atoms with E-state index >= 15 is 0 Å². The minimum Gasteiger partial charge on any atom is -0.382 e. The molecule has 8 nitrogen and oxygen atoms in total. The number of nitrogens with zero attached hydrogens (tertiary/aromatic N) is 5. The summed E-state index contributed by atoms with van der Waals surface area (Å²) >= 11 is 0. The van der Waals surface area contributed by atoms with E-state index in [1.165, 1.54) is 4.68 Å². The summed E-state index contributed by atoms with van der Waals surface area (Å²) in [7, 11) is -0.0526. The molecule has 2 heterocycles. The van der Waals surface area contributed by atoms with Crippen molar-refractivity contribution in [1.29, 1.82) is 0 Å². The summed E-state index contributed by atoms with van der Waals surface area (Å²) < 4.78 is 28.7. The third-order valence-electron chi connectivity index (χ3n) is 5.76. The van der Waals surface area contributed by atoms with Crippen LogP contribution in [0.5, 0.6) is 0 Å². The van der Waals surface area contributed by atoms with Crippen LogP contribution in [0.2, 0.25) is 0 Å². The number of para-hydroxylation sites is 2. The molecule has 0 amide bonds. The summed E-state index contributed by atoms with van der Waals surface area (Å²) in [5, 5.41) is 4.51. The van der Waals surface area contributed by atoms with E-state index in [0.29, 0.717) is 11.0 Å². The molecule has 0 unspecified atom stereocenters. The molecule has 3 aromatic carbocycles. The highest BCUT2D eigenvalue weighted by molar-refractivity contribution is 7.92. The molecule has 0 bridgehead atoms. The van der Waals surface area contributed by atoms with Crippen molar-refractivity contribution < 1.29 is 8.42 Å². The summed E-state index contributed by atoms with van der Waals surface area (Å²) in [5.41, 5.74) is 10.9. The highest BCUT2D eigenvalue weighted by Crippen LogP contribution is 2.35. The molecule has 0 saturated heterocycles. The largest absolute Gasteiger partial charge is 0.382 e. The first-order valence-corrected chi connectivity index (χ1v) is 12.4. The second kappa shape index (κ2) is 8.52. The van der Waals surface area contributed by atoms with Gasteiger partial charge in [-0.1, -0.05) is 42.0 Å². The molecule has 0 radical (unpaired) electrons. The molecule has 5 aromatic rings. The van der Waals surface area contributed by atoms with E-state index in [2.05, 4.69) is 15.1 Å². The number of anilines is 2. The molecule has 35 heavy (non-hydrogen) atoms. The van der Waals surface area contributed by atoms with E-state index < -0.39 is 9.84 Å². The number of nitrogen functional groups attached to an aromatic ring is 1. The first-order valence-electron chi connectivity index (χ1n) is 11.0. The normalized spacial score (nSPS) is 12.1. The number of hydrogen-bond donors (Lipinski definition) is 1. The van der Waals surface area contributed by atoms with Crippen LogP contribution < -0.4 is 10.6 Å². The van der Waals surface area contributed by atoms with Crippen molar-refractivity contribution in [3.8, 4) is 0 Å². The minimum atomic E-state index is -3.99. The number of aromatic nitrogens is 3. The van der Waals surface area contributed by atoms with Crippen molar-refractivity contribution in [2.75, 3.05) is 24.7 Å². The molecule has 2 N–H and O–H groups in total. The monoisotopic (exact) mass is 484 g/mol. The van der Waals surface area contributed by atoms with Crippen LogP contribution in [-0.2, 0) is 9.84 Å². The van der Waals surface area contributed by atoms with Gasteiger partial charge in [0.15, 0.2) is 5.65 Å². The van der Waals surface area contributed by atoms with Gasteiger partial charge in [-0.15, -0.1) is 0 Å². The predicted molar refractivity (Wildman–Crippen MR) is 140 cm³/mol. The van der Waals surface area contributed by atoms with E-state index in [1.54, 1.807) is 36.5 Å². The third-order valence-corrected chi connectivity index (χ3v) is 7.59. The van der Waals surface area contributed by atoms with Crippen molar-refractivity contribution in [3.05, 3.63) is 83.9 Å². The van der Waals surface area contributed by atoms with Gasteiger partial charge in [-0.05, 0) is 48.9 Å².